The summed E-state index contributed by atoms with van der Waals surface area (Å²) in [5.41, 5.74) is 0. The van der Waals surface area contributed by atoms with E-state index in [0.717, 1.165) is 6.54 Å². The van der Waals surface area contributed by atoms with Gasteiger partial charge in [0, 0.05) is 24.7 Å². The van der Waals surface area contributed by atoms with Crippen LogP contribution in [0.25, 0.3) is 0 Å². The van der Waals surface area contributed by atoms with Gasteiger partial charge in [0.05, 0.1) is 11.6 Å². The van der Waals surface area contributed by atoms with Crippen LogP contribution in [0, 0.1) is 5.92 Å². The van der Waals surface area contributed by atoms with E-state index >= 15 is 0 Å². The number of benzene rings is 1. The van der Waals surface area contributed by atoms with Crippen LogP contribution < -0.4 is 10.1 Å². The molecule has 1 rings (SSSR count). The number of hydrogen-bond donors (Lipinski definition) is 1. The zero-order valence-corrected chi connectivity index (χ0v) is 13.1. The van der Waals surface area contributed by atoms with E-state index in [1.807, 2.05) is 0 Å². The van der Waals surface area contributed by atoms with Crippen molar-refractivity contribution in [2.24, 2.45) is 5.92 Å². The molecule has 0 aliphatic rings. The predicted molar refractivity (Wildman–Crippen MR) is 80.5 cm³/mol. The smallest absolute Gasteiger partial charge is 0.139 e. The molecule has 0 aliphatic carbocycles. The summed E-state index contributed by atoms with van der Waals surface area (Å²) in [4.78, 5) is 0. The largest absolute Gasteiger partial charge is 0.485 e. The van der Waals surface area contributed by atoms with Crippen LogP contribution in [-0.2, 0) is 4.74 Å². The van der Waals surface area contributed by atoms with Crippen LogP contribution >= 0.6 is 23.2 Å². The standard InChI is InChI=1S/C14H21Cl2NO2/c1-10(2)7-17-8-12(9-18-3)19-14-6-11(15)4-5-13(14)16/h4-6,10,12,17H,7-9H2,1-3H3. The van der Waals surface area contributed by atoms with E-state index in [1.54, 1.807) is 25.3 Å². The summed E-state index contributed by atoms with van der Waals surface area (Å²) in [6, 6.07) is 5.18. The van der Waals surface area contributed by atoms with Gasteiger partial charge in [0.15, 0.2) is 0 Å². The molecule has 0 amide bonds. The highest BCUT2D eigenvalue weighted by Gasteiger charge is 2.13. The van der Waals surface area contributed by atoms with Gasteiger partial charge in [-0.15, -0.1) is 0 Å². The number of methoxy groups -OCH3 is 1. The molecule has 1 atom stereocenters. The second kappa shape index (κ2) is 8.64. The van der Waals surface area contributed by atoms with Crippen molar-refractivity contribution in [3.63, 3.8) is 0 Å². The molecule has 1 aromatic rings. The predicted octanol–water partition coefficient (Wildman–Crippen LogP) is 3.63. The lowest BCUT2D eigenvalue weighted by molar-refractivity contribution is 0.0803. The molecule has 0 spiro atoms. The molecule has 3 nitrogen and oxygen atoms in total. The maximum absolute atomic E-state index is 6.08. The van der Waals surface area contributed by atoms with Crippen LogP contribution in [0.2, 0.25) is 10.0 Å². The van der Waals surface area contributed by atoms with E-state index < -0.39 is 0 Å². The quantitative estimate of drug-likeness (QED) is 0.795. The van der Waals surface area contributed by atoms with E-state index in [1.165, 1.54) is 0 Å². The molecule has 108 valence electrons. The second-order valence-corrected chi connectivity index (χ2v) is 5.67. The molecule has 0 aromatic heterocycles. The van der Waals surface area contributed by atoms with Crippen LogP contribution in [0.15, 0.2) is 18.2 Å². The highest BCUT2D eigenvalue weighted by molar-refractivity contribution is 6.34. The Labute approximate surface area is 125 Å². The van der Waals surface area contributed by atoms with Crippen LogP contribution in [0.1, 0.15) is 13.8 Å². The Morgan fingerprint density at radius 2 is 1.95 bits per heavy atom. The van der Waals surface area contributed by atoms with Crippen LogP contribution in [-0.4, -0.2) is 32.9 Å². The van der Waals surface area contributed by atoms with Crippen LogP contribution in [0.3, 0.4) is 0 Å². The van der Waals surface area contributed by atoms with Crippen molar-refractivity contribution in [2.75, 3.05) is 26.8 Å². The first-order valence-corrected chi connectivity index (χ1v) is 7.10. The lowest BCUT2D eigenvalue weighted by Gasteiger charge is -2.20. The zero-order chi connectivity index (χ0) is 14.3. The molecule has 0 saturated heterocycles. The summed E-state index contributed by atoms with van der Waals surface area (Å²) in [6.45, 7) is 6.45. The Balaban J connectivity index is 2.58. The minimum atomic E-state index is -0.0975. The number of nitrogens with one attached hydrogen (secondary N) is 1. The molecule has 1 unspecified atom stereocenters. The van der Waals surface area contributed by atoms with Crippen molar-refractivity contribution in [2.45, 2.75) is 20.0 Å². The monoisotopic (exact) mass is 305 g/mol. The van der Waals surface area contributed by atoms with Crippen LogP contribution in [0.4, 0.5) is 0 Å². The van der Waals surface area contributed by atoms with Crippen molar-refractivity contribution in [1.82, 2.24) is 5.32 Å². The fourth-order valence-corrected chi connectivity index (χ4v) is 1.92. The van der Waals surface area contributed by atoms with Crippen molar-refractivity contribution >= 4 is 23.2 Å². The van der Waals surface area contributed by atoms with Gasteiger partial charge in [0.25, 0.3) is 0 Å². The van der Waals surface area contributed by atoms with Crippen molar-refractivity contribution in [3.8, 4) is 5.75 Å². The zero-order valence-electron chi connectivity index (χ0n) is 11.6. The van der Waals surface area contributed by atoms with Gasteiger partial charge in [-0.2, -0.15) is 0 Å². The molecule has 0 saturated carbocycles. The van der Waals surface area contributed by atoms with E-state index in [0.29, 0.717) is 34.9 Å². The molecule has 1 aromatic carbocycles. The molecular formula is C14H21Cl2NO2. The summed E-state index contributed by atoms with van der Waals surface area (Å²) in [5, 5.41) is 4.50. The normalized spacial score (nSPS) is 12.7. The average molecular weight is 306 g/mol. The molecular weight excluding hydrogens is 285 g/mol. The third-order valence-electron chi connectivity index (χ3n) is 2.46. The molecule has 0 bridgehead atoms. The number of ether oxygens (including phenoxy) is 2. The minimum Gasteiger partial charge on any atom is -0.485 e. The molecule has 0 fully saturated rings. The Hall–Kier alpha value is -0.480. The third kappa shape index (κ3) is 6.48. The number of halogens is 2. The highest BCUT2D eigenvalue weighted by atomic mass is 35.5. The molecule has 1 N–H and O–H groups in total. The fourth-order valence-electron chi connectivity index (χ4n) is 1.60. The van der Waals surface area contributed by atoms with Gasteiger partial charge in [-0.05, 0) is 24.6 Å². The summed E-state index contributed by atoms with van der Waals surface area (Å²) < 4.78 is 11.0. The maximum Gasteiger partial charge on any atom is 0.139 e. The minimum absolute atomic E-state index is 0.0975. The van der Waals surface area contributed by atoms with Crippen molar-refractivity contribution < 1.29 is 9.47 Å². The Kier molecular flexibility index (Phi) is 7.54. The maximum atomic E-state index is 6.08. The SMILES string of the molecule is COCC(CNCC(C)C)Oc1cc(Cl)ccc1Cl. The first-order valence-electron chi connectivity index (χ1n) is 6.34. The van der Waals surface area contributed by atoms with Gasteiger partial charge in [-0.25, -0.2) is 0 Å². The molecule has 0 radical (unpaired) electrons. The number of rotatable bonds is 8. The topological polar surface area (TPSA) is 30.5 Å². The van der Waals surface area contributed by atoms with Crippen molar-refractivity contribution in [1.29, 1.82) is 0 Å². The molecule has 0 heterocycles. The molecule has 0 aliphatic heterocycles. The molecule has 5 heteroatoms. The first kappa shape index (κ1) is 16.6. The lowest BCUT2D eigenvalue weighted by atomic mass is 10.2. The van der Waals surface area contributed by atoms with Gasteiger partial charge >= 0.3 is 0 Å². The third-order valence-corrected chi connectivity index (χ3v) is 3.01. The van der Waals surface area contributed by atoms with E-state index in [9.17, 15) is 0 Å². The van der Waals surface area contributed by atoms with Gasteiger partial charge in [-0.3, -0.25) is 0 Å². The summed E-state index contributed by atoms with van der Waals surface area (Å²) in [6.07, 6.45) is -0.0975. The Bertz CT molecular complexity index is 386. The second-order valence-electron chi connectivity index (χ2n) is 4.82. The van der Waals surface area contributed by atoms with Crippen molar-refractivity contribution in [3.05, 3.63) is 28.2 Å². The van der Waals surface area contributed by atoms with E-state index in [-0.39, 0.29) is 6.10 Å². The fraction of sp³-hybridized carbons (Fsp3) is 0.571. The van der Waals surface area contributed by atoms with E-state index in [2.05, 4.69) is 19.2 Å². The first-order chi connectivity index (χ1) is 9.02. The average Bonchev–Trinajstić information content (AvgIpc) is 2.33. The van der Waals surface area contributed by atoms with Gasteiger partial charge in [0.1, 0.15) is 11.9 Å². The summed E-state index contributed by atoms with van der Waals surface area (Å²) in [7, 11) is 1.65. The van der Waals surface area contributed by atoms with E-state index in [4.69, 9.17) is 32.7 Å². The van der Waals surface area contributed by atoms with Gasteiger partial charge < -0.3 is 14.8 Å². The highest BCUT2D eigenvalue weighted by Crippen LogP contribution is 2.28. The van der Waals surface area contributed by atoms with Gasteiger partial charge in [0.2, 0.25) is 0 Å². The Morgan fingerprint density at radius 1 is 1.21 bits per heavy atom. The summed E-state index contributed by atoms with van der Waals surface area (Å²) in [5.74, 6) is 1.18. The lowest BCUT2D eigenvalue weighted by Crippen LogP contribution is -2.36. The summed E-state index contributed by atoms with van der Waals surface area (Å²) >= 11 is 12.0. The van der Waals surface area contributed by atoms with Crippen LogP contribution in [0.5, 0.6) is 5.75 Å². The number of hydrogen-bond acceptors (Lipinski definition) is 3. The molecule has 19 heavy (non-hydrogen) atoms. The Morgan fingerprint density at radius 3 is 2.58 bits per heavy atom. The van der Waals surface area contributed by atoms with Gasteiger partial charge in [-0.1, -0.05) is 37.0 Å².